The molecule has 0 aliphatic heterocycles. The van der Waals surface area contributed by atoms with E-state index in [2.05, 4.69) is 31.6 Å². The van der Waals surface area contributed by atoms with Crippen molar-refractivity contribution in [3.05, 3.63) is 66.5 Å². The number of methoxy groups -OCH3 is 1. The van der Waals surface area contributed by atoms with Gasteiger partial charge < -0.3 is 9.47 Å². The Balaban J connectivity index is 1.51. The number of hydrogen-bond acceptors (Lipinski definition) is 9. The predicted molar refractivity (Wildman–Crippen MR) is 121 cm³/mol. The Hall–Kier alpha value is -4.92. The smallest absolute Gasteiger partial charge is 0.232 e. The molecule has 0 unspecified atom stereocenters. The molecule has 0 bridgehead atoms. The van der Waals surface area contributed by atoms with Crippen LogP contribution in [-0.2, 0) is 6.54 Å². The summed E-state index contributed by atoms with van der Waals surface area (Å²) in [5.41, 5.74) is 3.23. The Morgan fingerprint density at radius 1 is 1.17 bits per heavy atom. The highest BCUT2D eigenvalue weighted by Gasteiger charge is 2.17. The zero-order chi connectivity index (χ0) is 24.4. The maximum Gasteiger partial charge on any atom is 0.232 e. The van der Waals surface area contributed by atoms with Gasteiger partial charge in [0.1, 0.15) is 24.1 Å². The minimum atomic E-state index is -0.496. The second-order valence-electron chi connectivity index (χ2n) is 7.59. The van der Waals surface area contributed by atoms with E-state index >= 15 is 0 Å². The third kappa shape index (κ3) is 4.22. The largest absolute Gasteiger partial charge is 0.486 e. The van der Waals surface area contributed by atoms with Gasteiger partial charge in [-0.1, -0.05) is 0 Å². The predicted octanol–water partition coefficient (Wildman–Crippen LogP) is 2.93. The number of halogens is 1. The molecule has 0 saturated carbocycles. The van der Waals surface area contributed by atoms with Crippen molar-refractivity contribution in [3.8, 4) is 40.2 Å². The number of hydrogen-bond donors (Lipinski definition) is 0. The van der Waals surface area contributed by atoms with Crippen LogP contribution in [0.4, 0.5) is 4.39 Å². The van der Waals surface area contributed by atoms with Crippen LogP contribution in [-0.4, -0.2) is 53.0 Å². The van der Waals surface area contributed by atoms with Crippen molar-refractivity contribution in [2.45, 2.75) is 19.6 Å². The van der Waals surface area contributed by atoms with Gasteiger partial charge in [-0.3, -0.25) is 0 Å². The van der Waals surface area contributed by atoms with Gasteiger partial charge >= 0.3 is 0 Å². The van der Waals surface area contributed by atoms with Crippen LogP contribution in [0, 0.1) is 17.1 Å². The fourth-order valence-corrected chi connectivity index (χ4v) is 3.66. The lowest BCUT2D eigenvalue weighted by Crippen LogP contribution is -2.20. The fourth-order valence-electron chi connectivity index (χ4n) is 3.66. The van der Waals surface area contributed by atoms with Crippen LogP contribution in [0.2, 0.25) is 0 Å². The van der Waals surface area contributed by atoms with Crippen LogP contribution >= 0.6 is 0 Å². The molecule has 0 spiro atoms. The van der Waals surface area contributed by atoms with Crippen LogP contribution < -0.4 is 9.47 Å². The Labute approximate surface area is 198 Å². The third-order valence-electron chi connectivity index (χ3n) is 5.25. The van der Waals surface area contributed by atoms with E-state index in [0.717, 1.165) is 0 Å². The summed E-state index contributed by atoms with van der Waals surface area (Å²) in [6.07, 6.45) is 4.26. The maximum atomic E-state index is 14.5. The first-order chi connectivity index (χ1) is 17.1. The van der Waals surface area contributed by atoms with Crippen molar-refractivity contribution >= 4 is 5.65 Å². The number of imidazole rings is 1. The first kappa shape index (κ1) is 21.9. The van der Waals surface area contributed by atoms with Crippen LogP contribution in [0.3, 0.4) is 0 Å². The van der Waals surface area contributed by atoms with E-state index in [1.54, 1.807) is 54.2 Å². The molecule has 1 atom stereocenters. The summed E-state index contributed by atoms with van der Waals surface area (Å²) in [6.45, 7) is 2.15. The van der Waals surface area contributed by atoms with Crippen molar-refractivity contribution in [2.24, 2.45) is 0 Å². The fraction of sp³-hybridized carbons (Fsp3) is 0.174. The van der Waals surface area contributed by atoms with Gasteiger partial charge in [0.2, 0.25) is 5.88 Å². The van der Waals surface area contributed by atoms with Crippen LogP contribution in [0.5, 0.6) is 11.6 Å². The SMILES string of the molecule is COc1nccc(-c2cnc3ccc(-c4ccc(F)c(O[C@@H](C)Cn5cnnn5)c4)nn23)c1C#N. The second kappa shape index (κ2) is 9.14. The molecule has 5 rings (SSSR count). The van der Waals surface area contributed by atoms with E-state index in [4.69, 9.17) is 14.6 Å². The normalized spacial score (nSPS) is 11.8. The highest BCUT2D eigenvalue weighted by atomic mass is 19.1. The summed E-state index contributed by atoms with van der Waals surface area (Å²) >= 11 is 0. The molecule has 35 heavy (non-hydrogen) atoms. The molecular formula is C23H18FN9O2. The van der Waals surface area contributed by atoms with Crippen LogP contribution in [0.15, 0.2) is 55.1 Å². The molecule has 0 amide bonds. The van der Waals surface area contributed by atoms with Crippen molar-refractivity contribution in [1.29, 1.82) is 5.26 Å². The minimum absolute atomic E-state index is 0.0847. The molecule has 174 valence electrons. The molecule has 0 fully saturated rings. The molecule has 4 aromatic heterocycles. The van der Waals surface area contributed by atoms with Crippen LogP contribution in [0.1, 0.15) is 12.5 Å². The van der Waals surface area contributed by atoms with Gasteiger partial charge in [-0.15, -0.1) is 5.10 Å². The van der Waals surface area contributed by atoms with E-state index in [-0.39, 0.29) is 23.3 Å². The molecule has 0 radical (unpaired) electrons. The Morgan fingerprint density at radius 3 is 2.83 bits per heavy atom. The maximum absolute atomic E-state index is 14.5. The molecule has 11 nitrogen and oxygen atoms in total. The molecule has 5 aromatic rings. The van der Waals surface area contributed by atoms with E-state index < -0.39 is 5.82 Å². The highest BCUT2D eigenvalue weighted by Crippen LogP contribution is 2.30. The van der Waals surface area contributed by atoms with Gasteiger partial charge in [0.05, 0.1) is 31.2 Å². The van der Waals surface area contributed by atoms with Crippen molar-refractivity contribution in [1.82, 2.24) is 39.8 Å². The quantitative estimate of drug-likeness (QED) is 0.352. The highest BCUT2D eigenvalue weighted by molar-refractivity contribution is 5.72. The number of nitrogens with zero attached hydrogens (tertiary/aromatic N) is 9. The van der Waals surface area contributed by atoms with E-state index in [0.29, 0.717) is 34.7 Å². The molecule has 4 heterocycles. The van der Waals surface area contributed by atoms with E-state index in [9.17, 15) is 9.65 Å². The van der Waals surface area contributed by atoms with Crippen molar-refractivity contribution in [2.75, 3.05) is 7.11 Å². The average Bonchev–Trinajstić information content (AvgIpc) is 3.54. The number of nitriles is 1. The minimum Gasteiger partial charge on any atom is -0.486 e. The molecular weight excluding hydrogens is 453 g/mol. The number of fused-ring (bicyclic) bond motifs is 1. The zero-order valence-corrected chi connectivity index (χ0v) is 18.7. The van der Waals surface area contributed by atoms with Gasteiger partial charge in [0.25, 0.3) is 0 Å². The monoisotopic (exact) mass is 471 g/mol. The molecule has 0 aliphatic carbocycles. The van der Waals surface area contributed by atoms with Gasteiger partial charge in [-0.25, -0.2) is 23.6 Å². The third-order valence-corrected chi connectivity index (χ3v) is 5.25. The molecule has 0 N–H and O–H groups in total. The average molecular weight is 471 g/mol. The van der Waals surface area contributed by atoms with E-state index in [1.165, 1.54) is 24.2 Å². The van der Waals surface area contributed by atoms with Crippen molar-refractivity contribution < 1.29 is 13.9 Å². The summed E-state index contributed by atoms with van der Waals surface area (Å²) in [5.74, 6) is -0.196. The number of ether oxygens (including phenoxy) is 2. The van der Waals surface area contributed by atoms with Gasteiger partial charge in [-0.2, -0.15) is 10.4 Å². The van der Waals surface area contributed by atoms with Crippen LogP contribution in [0.25, 0.3) is 28.2 Å². The van der Waals surface area contributed by atoms with E-state index in [1.807, 2.05) is 0 Å². The summed E-state index contributed by atoms with van der Waals surface area (Å²) < 4.78 is 28.7. The Morgan fingerprint density at radius 2 is 2.06 bits per heavy atom. The lowest BCUT2D eigenvalue weighted by Gasteiger charge is -2.15. The summed E-state index contributed by atoms with van der Waals surface area (Å²) in [5, 5.41) is 25.3. The standard InChI is InChI=1S/C23H18FN9O2/c1-14(12-32-13-28-30-31-32)35-21-9-15(3-4-18(21)24)19-5-6-22-27-11-20(33(22)29-19)16-7-8-26-23(34-2)17(16)10-25/h3-9,11,13-14H,12H2,1-2H3/t14-/m0/s1. The van der Waals surface area contributed by atoms with Gasteiger partial charge in [0, 0.05) is 17.3 Å². The van der Waals surface area contributed by atoms with Gasteiger partial charge in [0.15, 0.2) is 17.2 Å². The number of benzene rings is 1. The molecule has 12 heteroatoms. The lowest BCUT2D eigenvalue weighted by atomic mass is 10.1. The van der Waals surface area contributed by atoms with Gasteiger partial charge in [-0.05, 0) is 53.7 Å². The number of pyridine rings is 1. The number of tetrazole rings is 1. The first-order valence-electron chi connectivity index (χ1n) is 10.5. The Bertz CT molecular complexity index is 1540. The van der Waals surface area contributed by atoms with Crippen molar-refractivity contribution in [3.63, 3.8) is 0 Å². The topological polar surface area (TPSA) is 129 Å². The summed E-state index contributed by atoms with van der Waals surface area (Å²) in [7, 11) is 1.45. The molecule has 0 saturated heterocycles. The second-order valence-corrected chi connectivity index (χ2v) is 7.59. The summed E-state index contributed by atoms with van der Waals surface area (Å²) in [4.78, 5) is 8.49. The molecule has 1 aromatic carbocycles. The Kier molecular flexibility index (Phi) is 5.72. The number of rotatable bonds is 7. The summed E-state index contributed by atoms with van der Waals surface area (Å²) in [6, 6.07) is 12.0. The first-order valence-corrected chi connectivity index (χ1v) is 10.5. The molecule has 0 aliphatic rings. The lowest BCUT2D eigenvalue weighted by molar-refractivity contribution is 0.185. The number of aromatic nitrogens is 8. The zero-order valence-electron chi connectivity index (χ0n) is 18.7.